The highest BCUT2D eigenvalue weighted by atomic mass is 19.1. The fraction of sp³-hybridized carbons (Fsp3) is 1.00. The molecule has 2 saturated carbocycles. The van der Waals surface area contributed by atoms with E-state index in [4.69, 9.17) is 0 Å². The molecule has 25 heavy (non-hydrogen) atoms. The first-order valence-corrected chi connectivity index (χ1v) is 10.5. The Bertz CT molecular complexity index is 538. The molecular formula is C20H33FN2O2. The van der Waals surface area contributed by atoms with Gasteiger partial charge in [-0.1, -0.05) is 0 Å². The maximum Gasteiger partial charge on any atom is 0.115 e. The summed E-state index contributed by atoms with van der Waals surface area (Å²) in [5, 5.41) is 20.4. The Labute approximate surface area is 150 Å². The zero-order valence-corrected chi connectivity index (χ0v) is 15.4. The molecule has 2 unspecified atom stereocenters. The van der Waals surface area contributed by atoms with Crippen LogP contribution in [0.1, 0.15) is 70.6 Å². The molecule has 0 aromatic rings. The summed E-state index contributed by atoms with van der Waals surface area (Å²) in [5.41, 5.74) is -0.705. The van der Waals surface area contributed by atoms with Crippen LogP contribution in [-0.4, -0.2) is 74.6 Å². The van der Waals surface area contributed by atoms with Gasteiger partial charge >= 0.3 is 0 Å². The van der Waals surface area contributed by atoms with Crippen molar-refractivity contribution in [1.82, 2.24) is 9.80 Å². The van der Waals surface area contributed by atoms with Crippen molar-refractivity contribution in [2.24, 2.45) is 0 Å². The summed E-state index contributed by atoms with van der Waals surface area (Å²) in [6, 6.07) is 0. The van der Waals surface area contributed by atoms with Crippen LogP contribution in [-0.2, 0) is 0 Å². The third-order valence-electron chi connectivity index (χ3n) is 8.42. The first-order valence-electron chi connectivity index (χ1n) is 10.5. The minimum Gasteiger partial charge on any atom is -0.388 e. The van der Waals surface area contributed by atoms with Crippen LogP contribution in [0.4, 0.5) is 4.39 Å². The summed E-state index contributed by atoms with van der Waals surface area (Å²) in [6.45, 7) is 4.02. The van der Waals surface area contributed by atoms with Gasteiger partial charge in [-0.25, -0.2) is 4.39 Å². The smallest absolute Gasteiger partial charge is 0.115 e. The zero-order chi connectivity index (χ0) is 17.3. The lowest BCUT2D eigenvalue weighted by Gasteiger charge is -2.37. The second-order valence-corrected chi connectivity index (χ2v) is 9.67. The van der Waals surface area contributed by atoms with Crippen LogP contribution in [0.3, 0.4) is 0 Å². The van der Waals surface area contributed by atoms with Crippen molar-refractivity contribution in [1.29, 1.82) is 0 Å². The van der Waals surface area contributed by atoms with Gasteiger partial charge < -0.3 is 10.2 Å². The lowest BCUT2D eigenvalue weighted by molar-refractivity contribution is -0.00545. The number of fused-ring (bicyclic) bond motifs is 2. The molecule has 0 radical (unpaired) electrons. The third kappa shape index (κ3) is 2.31. The molecule has 0 aromatic carbocycles. The highest BCUT2D eigenvalue weighted by Gasteiger charge is 2.65. The van der Waals surface area contributed by atoms with Gasteiger partial charge in [0.15, 0.2) is 0 Å². The van der Waals surface area contributed by atoms with Crippen LogP contribution in [0, 0.1) is 0 Å². The van der Waals surface area contributed by atoms with Gasteiger partial charge in [-0.15, -0.1) is 0 Å². The van der Waals surface area contributed by atoms with E-state index in [1.165, 1.54) is 38.8 Å². The van der Waals surface area contributed by atoms with E-state index in [1.54, 1.807) is 0 Å². The first-order chi connectivity index (χ1) is 11.9. The number of hydrogen-bond donors (Lipinski definition) is 2. The van der Waals surface area contributed by atoms with Gasteiger partial charge in [0.25, 0.3) is 0 Å². The Balaban J connectivity index is 0.000000112. The normalized spacial score (nSPS) is 42.6. The molecule has 2 N–H and O–H groups in total. The van der Waals surface area contributed by atoms with Crippen molar-refractivity contribution in [3.8, 4) is 0 Å². The minimum absolute atomic E-state index is 0.160. The number of rotatable bonds is 2. The average molecular weight is 352 g/mol. The number of halogens is 1. The predicted molar refractivity (Wildman–Crippen MR) is 94.2 cm³/mol. The van der Waals surface area contributed by atoms with Gasteiger partial charge in [-0.3, -0.25) is 9.80 Å². The second-order valence-electron chi connectivity index (χ2n) is 9.67. The van der Waals surface area contributed by atoms with Gasteiger partial charge in [-0.2, -0.15) is 0 Å². The molecule has 0 spiro atoms. The molecule has 2 aliphatic carbocycles. The largest absolute Gasteiger partial charge is 0.388 e. The molecule has 6 fully saturated rings. The maximum atomic E-state index is 13.3. The van der Waals surface area contributed by atoms with Gasteiger partial charge in [0.1, 0.15) is 6.17 Å². The third-order valence-corrected chi connectivity index (χ3v) is 8.42. The summed E-state index contributed by atoms with van der Waals surface area (Å²) in [5.74, 6) is 0. The Hall–Kier alpha value is -0.230. The Morgan fingerprint density at radius 1 is 0.680 bits per heavy atom. The van der Waals surface area contributed by atoms with E-state index in [9.17, 15) is 14.6 Å². The molecule has 2 atom stereocenters. The summed E-state index contributed by atoms with van der Waals surface area (Å²) in [4.78, 5) is 4.75. The van der Waals surface area contributed by atoms with Crippen LogP contribution in [0.5, 0.6) is 0 Å². The molecule has 0 amide bonds. The van der Waals surface area contributed by atoms with E-state index < -0.39 is 11.8 Å². The molecule has 5 heteroatoms. The average Bonchev–Trinajstić information content (AvgIpc) is 3.23. The first kappa shape index (κ1) is 16.9. The number of nitrogens with zero attached hydrogens (tertiary/aromatic N) is 2. The Morgan fingerprint density at radius 2 is 1.16 bits per heavy atom. The zero-order valence-electron chi connectivity index (χ0n) is 15.4. The van der Waals surface area contributed by atoms with Crippen molar-refractivity contribution in [2.45, 2.75) is 99.1 Å². The monoisotopic (exact) mass is 352 g/mol. The van der Waals surface area contributed by atoms with Crippen molar-refractivity contribution in [3.05, 3.63) is 0 Å². The number of alkyl halides is 1. The summed E-state index contributed by atoms with van der Waals surface area (Å²) < 4.78 is 13.3. The van der Waals surface area contributed by atoms with E-state index in [-0.39, 0.29) is 16.7 Å². The van der Waals surface area contributed by atoms with Crippen LogP contribution in [0.2, 0.25) is 0 Å². The quantitative estimate of drug-likeness (QED) is 0.800. The topological polar surface area (TPSA) is 46.9 Å². The molecule has 4 aliphatic heterocycles. The Kier molecular flexibility index (Phi) is 3.65. The van der Waals surface area contributed by atoms with E-state index in [0.717, 1.165) is 45.1 Å². The summed E-state index contributed by atoms with van der Waals surface area (Å²) >= 11 is 0. The fourth-order valence-electron chi connectivity index (χ4n) is 6.85. The van der Waals surface area contributed by atoms with Crippen molar-refractivity contribution in [3.63, 3.8) is 0 Å². The van der Waals surface area contributed by atoms with Crippen LogP contribution >= 0.6 is 0 Å². The summed E-state index contributed by atoms with van der Waals surface area (Å²) in [7, 11) is 0. The van der Waals surface area contributed by atoms with Crippen LogP contribution in [0.15, 0.2) is 0 Å². The van der Waals surface area contributed by atoms with E-state index >= 15 is 0 Å². The maximum absolute atomic E-state index is 13.3. The minimum atomic E-state index is -0.704. The standard InChI is InChI=1S/C10H16FNO.C10H17NO/c11-8-6-9(10(13)3-4-10)2-1-5-12(9)7-8;12-10(5-6-10)9-3-1-7-11(9)8-2-4-9/h8,13H,1-7H2;12H,1-8H2. The molecule has 6 aliphatic rings. The van der Waals surface area contributed by atoms with Gasteiger partial charge in [0.2, 0.25) is 0 Å². The predicted octanol–water partition coefficient (Wildman–Crippen LogP) is 2.23. The highest BCUT2D eigenvalue weighted by molar-refractivity contribution is 5.21. The highest BCUT2D eigenvalue weighted by Crippen LogP contribution is 2.57. The second kappa shape index (κ2) is 5.40. The van der Waals surface area contributed by atoms with Gasteiger partial charge in [-0.05, 0) is 83.8 Å². The van der Waals surface area contributed by atoms with Gasteiger partial charge in [0, 0.05) is 18.5 Å². The SMILES string of the molecule is OC1(C23CCCN2CC(F)C3)CC1.OC1(C23CCCN2CCC3)CC1. The lowest BCUT2D eigenvalue weighted by Crippen LogP contribution is -2.50. The fourth-order valence-corrected chi connectivity index (χ4v) is 6.85. The molecule has 0 bridgehead atoms. The Morgan fingerprint density at radius 3 is 1.72 bits per heavy atom. The molecule has 4 saturated heterocycles. The molecule has 0 aromatic heterocycles. The molecule has 4 heterocycles. The van der Waals surface area contributed by atoms with Crippen molar-refractivity contribution < 1.29 is 14.6 Å². The van der Waals surface area contributed by atoms with Gasteiger partial charge in [0.05, 0.1) is 16.7 Å². The molecule has 6 rings (SSSR count). The summed E-state index contributed by atoms with van der Waals surface area (Å²) in [6.07, 6.45) is 11.0. The molecule has 142 valence electrons. The van der Waals surface area contributed by atoms with Crippen molar-refractivity contribution in [2.75, 3.05) is 26.2 Å². The van der Waals surface area contributed by atoms with E-state index in [2.05, 4.69) is 9.80 Å². The molecular weight excluding hydrogens is 319 g/mol. The van der Waals surface area contributed by atoms with Crippen LogP contribution < -0.4 is 0 Å². The van der Waals surface area contributed by atoms with Crippen molar-refractivity contribution >= 4 is 0 Å². The number of aliphatic hydroxyl groups is 2. The lowest BCUT2D eigenvalue weighted by atomic mass is 9.85. The molecule has 4 nitrogen and oxygen atoms in total. The number of hydrogen-bond acceptors (Lipinski definition) is 4. The van der Waals surface area contributed by atoms with E-state index in [0.29, 0.717) is 13.0 Å². The van der Waals surface area contributed by atoms with Crippen LogP contribution in [0.25, 0.3) is 0 Å². The van der Waals surface area contributed by atoms with E-state index in [1.807, 2.05) is 0 Å².